The van der Waals surface area contributed by atoms with Crippen LogP contribution in [-0.2, 0) is 0 Å². The van der Waals surface area contributed by atoms with Gasteiger partial charge in [-0.15, -0.1) is 0 Å². The van der Waals surface area contributed by atoms with E-state index in [1.165, 1.54) is 12.3 Å². The second kappa shape index (κ2) is 7.44. The molecule has 1 aromatic heterocycles. The predicted octanol–water partition coefficient (Wildman–Crippen LogP) is 1.21. The molecule has 100 valence electrons. The third-order valence-corrected chi connectivity index (χ3v) is 2.49. The normalized spacial score (nSPS) is 10.3. The third-order valence-electron chi connectivity index (χ3n) is 2.49. The number of nitrogens with one attached hydrogen (secondary N) is 2. The second-order valence-corrected chi connectivity index (χ2v) is 3.92. The van der Waals surface area contributed by atoms with Gasteiger partial charge >= 0.3 is 0 Å². The van der Waals surface area contributed by atoms with Crippen molar-refractivity contribution >= 4 is 11.6 Å². The molecule has 0 unspecified atom stereocenters. The zero-order valence-electron chi connectivity index (χ0n) is 10.0. The first-order valence-electron chi connectivity index (χ1n) is 5.87. The Morgan fingerprint density at radius 1 is 1.39 bits per heavy atom. The molecule has 0 spiro atoms. The summed E-state index contributed by atoms with van der Waals surface area (Å²) in [6.45, 7) is 0.718. The first-order valence-corrected chi connectivity index (χ1v) is 5.87. The van der Waals surface area contributed by atoms with Crippen LogP contribution in [0.1, 0.15) is 36.2 Å². The number of hydrogen-bond acceptors (Lipinski definition) is 4. The molecule has 0 radical (unpaired) electrons. The summed E-state index contributed by atoms with van der Waals surface area (Å²) >= 11 is 0. The summed E-state index contributed by atoms with van der Waals surface area (Å²) < 4.78 is 0. The molecule has 0 atom stereocenters. The van der Waals surface area contributed by atoms with Crippen molar-refractivity contribution in [3.8, 4) is 0 Å². The molecule has 1 amide bonds. The number of unbranched alkanes of at least 4 members (excludes halogenated alkanes) is 3. The van der Waals surface area contributed by atoms with E-state index in [0.717, 1.165) is 25.7 Å². The summed E-state index contributed by atoms with van der Waals surface area (Å²) in [7, 11) is 0. The highest BCUT2D eigenvalue weighted by Gasteiger charge is 2.13. The number of nitrogens with zero attached hydrogens (tertiary/aromatic N) is 1. The van der Waals surface area contributed by atoms with Crippen LogP contribution >= 0.6 is 0 Å². The zero-order valence-corrected chi connectivity index (χ0v) is 10.0. The number of rotatable bonds is 8. The summed E-state index contributed by atoms with van der Waals surface area (Å²) in [5, 5.41) is 21.7. The average molecular weight is 255 g/mol. The highest BCUT2D eigenvalue weighted by Crippen LogP contribution is 2.11. The summed E-state index contributed by atoms with van der Waals surface area (Å²) in [5.74, 6) is -0.342. The first kappa shape index (κ1) is 14.2. The van der Waals surface area contributed by atoms with Crippen molar-refractivity contribution in [3.63, 3.8) is 0 Å². The van der Waals surface area contributed by atoms with E-state index in [1.54, 1.807) is 0 Å². The fourth-order valence-corrected chi connectivity index (χ4v) is 1.51. The molecule has 1 rings (SSSR count). The Kier molecular flexibility index (Phi) is 5.86. The number of nitro groups is 1. The molecule has 0 saturated heterocycles. The number of carbonyl (C=O) groups is 1. The van der Waals surface area contributed by atoms with E-state index in [4.69, 9.17) is 5.11 Å². The Bertz CT molecular complexity index is 403. The average Bonchev–Trinajstić information content (AvgIpc) is 2.83. The van der Waals surface area contributed by atoms with Crippen molar-refractivity contribution in [2.24, 2.45) is 0 Å². The second-order valence-electron chi connectivity index (χ2n) is 3.92. The summed E-state index contributed by atoms with van der Waals surface area (Å²) in [5.41, 5.74) is 0.0696. The van der Waals surface area contributed by atoms with Crippen LogP contribution in [0.3, 0.4) is 0 Å². The minimum Gasteiger partial charge on any atom is -0.396 e. The lowest BCUT2D eigenvalue weighted by atomic mass is 10.2. The van der Waals surface area contributed by atoms with Gasteiger partial charge in [0.25, 0.3) is 11.6 Å². The monoisotopic (exact) mass is 255 g/mol. The molecule has 1 heterocycles. The largest absolute Gasteiger partial charge is 0.396 e. The summed E-state index contributed by atoms with van der Waals surface area (Å²) in [4.78, 5) is 24.0. The van der Waals surface area contributed by atoms with Gasteiger partial charge in [-0.2, -0.15) is 0 Å². The maximum Gasteiger partial charge on any atom is 0.287 e. The van der Waals surface area contributed by atoms with Crippen LogP contribution in [0.2, 0.25) is 0 Å². The molecule has 0 aromatic carbocycles. The molecule has 18 heavy (non-hydrogen) atoms. The number of H-pyrrole nitrogens is 1. The van der Waals surface area contributed by atoms with Gasteiger partial charge in [-0.1, -0.05) is 12.8 Å². The molecule has 0 aliphatic carbocycles. The molecule has 1 aromatic rings. The smallest absolute Gasteiger partial charge is 0.287 e. The van der Waals surface area contributed by atoms with E-state index < -0.39 is 4.92 Å². The lowest BCUT2D eigenvalue weighted by Gasteiger charge is -2.02. The summed E-state index contributed by atoms with van der Waals surface area (Å²) in [6.07, 6.45) is 4.66. The van der Waals surface area contributed by atoms with Crippen molar-refractivity contribution in [1.29, 1.82) is 0 Å². The molecule has 0 saturated carbocycles. The minimum absolute atomic E-state index is 0.122. The third kappa shape index (κ3) is 4.54. The van der Waals surface area contributed by atoms with Gasteiger partial charge in [-0.25, -0.2) is 0 Å². The Hall–Kier alpha value is -1.89. The van der Waals surface area contributed by atoms with Crippen molar-refractivity contribution in [2.45, 2.75) is 25.7 Å². The Labute approximate surface area is 104 Å². The Morgan fingerprint density at radius 3 is 2.72 bits per heavy atom. The lowest BCUT2D eigenvalue weighted by molar-refractivity contribution is -0.384. The number of aromatic nitrogens is 1. The van der Waals surface area contributed by atoms with Gasteiger partial charge in [0.05, 0.1) is 11.1 Å². The van der Waals surface area contributed by atoms with Crippen molar-refractivity contribution in [1.82, 2.24) is 10.3 Å². The number of aliphatic hydroxyl groups is 1. The van der Waals surface area contributed by atoms with Crippen molar-refractivity contribution in [2.75, 3.05) is 13.2 Å². The fourth-order valence-electron chi connectivity index (χ4n) is 1.51. The minimum atomic E-state index is -0.553. The van der Waals surface area contributed by atoms with Crippen molar-refractivity contribution in [3.05, 3.63) is 28.1 Å². The number of aromatic amines is 1. The number of hydrogen-bond donors (Lipinski definition) is 3. The van der Waals surface area contributed by atoms with E-state index in [-0.39, 0.29) is 23.9 Å². The number of amides is 1. The van der Waals surface area contributed by atoms with Crippen LogP contribution in [0.4, 0.5) is 5.69 Å². The quantitative estimate of drug-likeness (QED) is 0.368. The molecular weight excluding hydrogens is 238 g/mol. The van der Waals surface area contributed by atoms with Crippen LogP contribution in [0.25, 0.3) is 0 Å². The van der Waals surface area contributed by atoms with Gasteiger partial charge in [-0.3, -0.25) is 14.9 Å². The highest BCUT2D eigenvalue weighted by atomic mass is 16.6. The number of carbonyl (C=O) groups excluding carboxylic acids is 1. The predicted molar refractivity (Wildman–Crippen MR) is 65.3 cm³/mol. The summed E-state index contributed by atoms with van der Waals surface area (Å²) in [6, 6.07) is 1.21. The molecular formula is C11H17N3O4. The molecule has 0 bridgehead atoms. The van der Waals surface area contributed by atoms with Gasteiger partial charge < -0.3 is 15.4 Å². The van der Waals surface area contributed by atoms with Gasteiger partial charge in [0.1, 0.15) is 5.69 Å². The van der Waals surface area contributed by atoms with E-state index in [0.29, 0.717) is 6.54 Å². The van der Waals surface area contributed by atoms with Crippen molar-refractivity contribution < 1.29 is 14.8 Å². The maximum atomic E-state index is 11.6. The van der Waals surface area contributed by atoms with Gasteiger partial charge in [-0.05, 0) is 12.8 Å². The van der Waals surface area contributed by atoms with Crippen LogP contribution in [0.5, 0.6) is 0 Å². The highest BCUT2D eigenvalue weighted by molar-refractivity contribution is 5.93. The van der Waals surface area contributed by atoms with Crippen LogP contribution in [0.15, 0.2) is 12.3 Å². The van der Waals surface area contributed by atoms with Gasteiger partial charge in [0.2, 0.25) is 0 Å². The first-order chi connectivity index (χ1) is 8.65. The van der Waals surface area contributed by atoms with E-state index in [1.807, 2.05) is 0 Å². The maximum absolute atomic E-state index is 11.6. The number of aliphatic hydroxyl groups excluding tert-OH is 1. The lowest BCUT2D eigenvalue weighted by Crippen LogP contribution is -2.24. The molecule has 0 aliphatic rings. The molecule has 3 N–H and O–H groups in total. The SMILES string of the molecule is O=C(NCCCCCCO)c1cc([N+](=O)[O-])c[nH]1. The molecule has 0 aliphatic heterocycles. The van der Waals surface area contributed by atoms with Crippen LogP contribution in [-0.4, -0.2) is 34.1 Å². The fraction of sp³-hybridized carbons (Fsp3) is 0.545. The standard InChI is InChI=1S/C11H17N3O4/c15-6-4-2-1-3-5-12-11(16)10-7-9(8-13-10)14(17)18/h7-8,13,15H,1-6H2,(H,12,16). The Morgan fingerprint density at radius 2 is 2.11 bits per heavy atom. The molecule has 7 nitrogen and oxygen atoms in total. The molecule has 0 fully saturated rings. The van der Waals surface area contributed by atoms with E-state index >= 15 is 0 Å². The topological polar surface area (TPSA) is 108 Å². The zero-order chi connectivity index (χ0) is 13.4. The van der Waals surface area contributed by atoms with Crippen LogP contribution in [0, 0.1) is 10.1 Å². The van der Waals surface area contributed by atoms with Gasteiger partial charge in [0, 0.05) is 19.2 Å². The Balaban J connectivity index is 2.25. The molecule has 7 heteroatoms. The van der Waals surface area contributed by atoms with E-state index in [9.17, 15) is 14.9 Å². The van der Waals surface area contributed by atoms with Crippen LogP contribution < -0.4 is 5.32 Å². The van der Waals surface area contributed by atoms with E-state index in [2.05, 4.69) is 10.3 Å². The van der Waals surface area contributed by atoms with Gasteiger partial charge in [0.15, 0.2) is 0 Å².